The van der Waals surface area contributed by atoms with E-state index in [0.717, 1.165) is 25.9 Å². The van der Waals surface area contributed by atoms with Crippen LogP contribution >= 0.6 is 0 Å². The zero-order valence-corrected chi connectivity index (χ0v) is 9.23. The predicted molar refractivity (Wildman–Crippen MR) is 61.7 cm³/mol. The predicted octanol–water partition coefficient (Wildman–Crippen LogP) is 0.120. The van der Waals surface area contributed by atoms with Crippen molar-refractivity contribution in [2.24, 2.45) is 10.7 Å². The largest absolute Gasteiger partial charge is 0.369 e. The Morgan fingerprint density at radius 1 is 1.56 bits per heavy atom. The molecule has 1 aromatic heterocycles. The molecule has 0 amide bonds. The third-order valence-corrected chi connectivity index (χ3v) is 2.51. The number of nitrogens with two attached hydrogens (primary N) is 1. The lowest BCUT2D eigenvalue weighted by Crippen LogP contribution is -2.34. The molecule has 1 saturated heterocycles. The summed E-state index contributed by atoms with van der Waals surface area (Å²) in [6, 6.07) is 1.42. The normalized spacial score (nSPS) is 16.8. The first-order valence-corrected chi connectivity index (χ1v) is 5.32. The maximum absolute atomic E-state index is 11.2. The van der Waals surface area contributed by atoms with Crippen LogP contribution in [0.3, 0.4) is 0 Å². The number of hydrogen-bond donors (Lipinski definition) is 2. The Bertz CT molecular complexity index is 459. The maximum Gasteiger partial charge on any atom is 0.252 e. The topological polar surface area (TPSA) is 87.4 Å². The molecule has 86 valence electrons. The second kappa shape index (κ2) is 4.34. The molecule has 6 heteroatoms. The summed E-state index contributed by atoms with van der Waals surface area (Å²) < 4.78 is 0. The van der Waals surface area contributed by atoms with Crippen molar-refractivity contribution in [3.05, 3.63) is 22.1 Å². The number of likely N-dealkylation sites (tertiary alicyclic amines) is 1. The van der Waals surface area contributed by atoms with Gasteiger partial charge in [-0.25, -0.2) is 4.98 Å². The smallest absolute Gasteiger partial charge is 0.252 e. The zero-order chi connectivity index (χ0) is 11.5. The SMILES string of the molecule is Cc1cc(=O)[nH]c(N=C(N)N2CCCC2)n1. The number of guanidine groups is 1. The number of aromatic amines is 1. The highest BCUT2D eigenvalue weighted by molar-refractivity contribution is 5.80. The van der Waals surface area contributed by atoms with E-state index in [1.54, 1.807) is 6.92 Å². The van der Waals surface area contributed by atoms with Gasteiger partial charge in [0, 0.05) is 24.8 Å². The second-order valence-electron chi connectivity index (χ2n) is 3.87. The first-order valence-electron chi connectivity index (χ1n) is 5.32. The van der Waals surface area contributed by atoms with E-state index in [2.05, 4.69) is 15.0 Å². The van der Waals surface area contributed by atoms with Gasteiger partial charge in [0.05, 0.1) is 0 Å². The monoisotopic (exact) mass is 221 g/mol. The Morgan fingerprint density at radius 2 is 2.25 bits per heavy atom. The summed E-state index contributed by atoms with van der Waals surface area (Å²) in [6.07, 6.45) is 2.27. The van der Waals surface area contributed by atoms with Crippen LogP contribution in [0.15, 0.2) is 15.9 Å². The van der Waals surface area contributed by atoms with Gasteiger partial charge >= 0.3 is 0 Å². The van der Waals surface area contributed by atoms with Crippen LogP contribution < -0.4 is 11.3 Å². The third-order valence-electron chi connectivity index (χ3n) is 2.51. The molecule has 0 spiro atoms. The summed E-state index contributed by atoms with van der Waals surface area (Å²) in [5.74, 6) is 0.695. The van der Waals surface area contributed by atoms with E-state index in [1.165, 1.54) is 6.07 Å². The van der Waals surface area contributed by atoms with Crippen LogP contribution in [0.5, 0.6) is 0 Å². The molecule has 0 aliphatic carbocycles. The van der Waals surface area contributed by atoms with Crippen LogP contribution in [0.4, 0.5) is 5.95 Å². The van der Waals surface area contributed by atoms with Crippen LogP contribution in [0.2, 0.25) is 0 Å². The summed E-state index contributed by atoms with van der Waals surface area (Å²) in [5, 5.41) is 0. The average Bonchev–Trinajstić information content (AvgIpc) is 2.68. The molecular formula is C10H15N5O. The first-order chi connectivity index (χ1) is 7.65. The Hall–Kier alpha value is -1.85. The number of aromatic nitrogens is 2. The van der Waals surface area contributed by atoms with E-state index < -0.39 is 0 Å². The Morgan fingerprint density at radius 3 is 2.88 bits per heavy atom. The zero-order valence-electron chi connectivity index (χ0n) is 9.23. The Labute approximate surface area is 93.2 Å². The molecule has 1 aliphatic rings. The van der Waals surface area contributed by atoms with Crippen molar-refractivity contribution < 1.29 is 0 Å². The van der Waals surface area contributed by atoms with Gasteiger partial charge in [-0.1, -0.05) is 0 Å². The molecule has 0 aromatic carbocycles. The van der Waals surface area contributed by atoms with Crippen molar-refractivity contribution in [3.63, 3.8) is 0 Å². The molecule has 0 atom stereocenters. The van der Waals surface area contributed by atoms with Crippen molar-refractivity contribution in [2.45, 2.75) is 19.8 Å². The van der Waals surface area contributed by atoms with E-state index in [9.17, 15) is 4.79 Å². The van der Waals surface area contributed by atoms with Crippen molar-refractivity contribution in [3.8, 4) is 0 Å². The molecule has 0 saturated carbocycles. The molecular weight excluding hydrogens is 206 g/mol. The van der Waals surface area contributed by atoms with Crippen molar-refractivity contribution in [1.29, 1.82) is 0 Å². The maximum atomic E-state index is 11.2. The number of hydrogen-bond acceptors (Lipinski definition) is 3. The lowest BCUT2D eigenvalue weighted by atomic mass is 10.4. The fourth-order valence-corrected chi connectivity index (χ4v) is 1.74. The van der Waals surface area contributed by atoms with Crippen LogP contribution in [0.1, 0.15) is 18.5 Å². The lowest BCUT2D eigenvalue weighted by molar-refractivity contribution is 0.513. The van der Waals surface area contributed by atoms with Crippen molar-refractivity contribution in [1.82, 2.24) is 14.9 Å². The second-order valence-corrected chi connectivity index (χ2v) is 3.87. The highest BCUT2D eigenvalue weighted by atomic mass is 16.1. The molecule has 1 aromatic rings. The van der Waals surface area contributed by atoms with Gasteiger partial charge in [0.25, 0.3) is 5.56 Å². The van der Waals surface area contributed by atoms with Crippen LogP contribution in [0, 0.1) is 6.92 Å². The fraction of sp³-hybridized carbons (Fsp3) is 0.500. The van der Waals surface area contributed by atoms with E-state index in [0.29, 0.717) is 11.7 Å². The van der Waals surface area contributed by atoms with Crippen LogP contribution in [-0.4, -0.2) is 33.9 Å². The minimum atomic E-state index is -0.208. The van der Waals surface area contributed by atoms with Gasteiger partial charge in [-0.15, -0.1) is 0 Å². The molecule has 0 radical (unpaired) electrons. The van der Waals surface area contributed by atoms with Gasteiger partial charge in [0.1, 0.15) is 0 Å². The van der Waals surface area contributed by atoms with Gasteiger partial charge in [0.15, 0.2) is 5.96 Å². The Balaban J connectivity index is 2.23. The van der Waals surface area contributed by atoms with Gasteiger partial charge in [-0.2, -0.15) is 4.99 Å². The number of aryl methyl sites for hydroxylation is 1. The quantitative estimate of drug-likeness (QED) is 0.521. The fourth-order valence-electron chi connectivity index (χ4n) is 1.74. The van der Waals surface area contributed by atoms with Crippen LogP contribution in [0.25, 0.3) is 0 Å². The standard InChI is InChI=1S/C10H15N5O/c1-7-6-8(16)13-10(12-7)14-9(11)15-4-2-3-5-15/h6H,2-5H2,1H3,(H3,11,12,13,14,16). The van der Waals surface area contributed by atoms with Crippen molar-refractivity contribution in [2.75, 3.05) is 13.1 Å². The molecule has 1 fully saturated rings. The minimum absolute atomic E-state index is 0.208. The Kier molecular flexibility index (Phi) is 2.89. The van der Waals surface area contributed by atoms with Gasteiger partial charge in [0.2, 0.25) is 5.95 Å². The summed E-state index contributed by atoms with van der Waals surface area (Å²) in [7, 11) is 0. The molecule has 3 N–H and O–H groups in total. The molecule has 2 rings (SSSR count). The average molecular weight is 221 g/mol. The molecule has 0 bridgehead atoms. The van der Waals surface area contributed by atoms with Gasteiger partial charge < -0.3 is 10.6 Å². The summed E-state index contributed by atoms with van der Waals surface area (Å²) in [4.78, 5) is 23.9. The van der Waals surface area contributed by atoms with Gasteiger partial charge in [-0.05, 0) is 19.8 Å². The highest BCUT2D eigenvalue weighted by Crippen LogP contribution is 2.08. The highest BCUT2D eigenvalue weighted by Gasteiger charge is 2.13. The first kappa shape index (κ1) is 10.7. The minimum Gasteiger partial charge on any atom is -0.369 e. The summed E-state index contributed by atoms with van der Waals surface area (Å²) >= 11 is 0. The van der Waals surface area contributed by atoms with Crippen molar-refractivity contribution >= 4 is 11.9 Å². The number of nitrogens with one attached hydrogen (secondary N) is 1. The molecule has 1 aliphatic heterocycles. The molecule has 6 nitrogen and oxygen atoms in total. The van der Waals surface area contributed by atoms with E-state index in [-0.39, 0.29) is 11.5 Å². The number of H-pyrrole nitrogens is 1. The number of nitrogens with zero attached hydrogens (tertiary/aromatic N) is 3. The summed E-state index contributed by atoms with van der Waals surface area (Å²) in [6.45, 7) is 3.59. The molecule has 0 unspecified atom stereocenters. The summed E-state index contributed by atoms with van der Waals surface area (Å²) in [5.41, 5.74) is 6.25. The number of rotatable bonds is 1. The van der Waals surface area contributed by atoms with E-state index in [1.807, 2.05) is 4.90 Å². The van der Waals surface area contributed by atoms with Gasteiger partial charge in [-0.3, -0.25) is 9.78 Å². The van der Waals surface area contributed by atoms with Crippen LogP contribution in [-0.2, 0) is 0 Å². The van der Waals surface area contributed by atoms with E-state index in [4.69, 9.17) is 5.73 Å². The lowest BCUT2D eigenvalue weighted by Gasteiger charge is -2.15. The molecule has 16 heavy (non-hydrogen) atoms. The van der Waals surface area contributed by atoms with E-state index >= 15 is 0 Å². The third kappa shape index (κ3) is 2.39. The molecule has 2 heterocycles. The number of aliphatic imine (C=N–C) groups is 1.